The van der Waals surface area contributed by atoms with Crippen molar-refractivity contribution >= 4 is 29.3 Å². The van der Waals surface area contributed by atoms with Crippen LogP contribution in [0.4, 0.5) is 4.79 Å². The Bertz CT molecular complexity index is 314. The minimum absolute atomic E-state index is 0.275. The summed E-state index contributed by atoms with van der Waals surface area (Å²) in [6, 6.07) is 4.43. The first-order chi connectivity index (χ1) is 5.59. The van der Waals surface area contributed by atoms with Crippen LogP contribution in [0.3, 0.4) is 0 Å². The summed E-state index contributed by atoms with van der Waals surface area (Å²) in [5, 5.41) is 0.712. The molecule has 0 aliphatic heterocycles. The standard InChI is InChI=1S/C7H5Cl2NO2/c8-5-2-1-4(3-6(5)9)12-7(10)11/h1-3H,(H2,10,11). The van der Waals surface area contributed by atoms with Crippen LogP contribution in [0.25, 0.3) is 0 Å². The lowest BCUT2D eigenvalue weighted by Crippen LogP contribution is -2.16. The highest BCUT2D eigenvalue weighted by molar-refractivity contribution is 6.42. The molecule has 0 atom stereocenters. The summed E-state index contributed by atoms with van der Waals surface area (Å²) in [5.41, 5.74) is 4.78. The molecule has 64 valence electrons. The lowest BCUT2D eigenvalue weighted by atomic mass is 10.3. The molecule has 1 aromatic carbocycles. The van der Waals surface area contributed by atoms with E-state index < -0.39 is 6.09 Å². The summed E-state index contributed by atoms with van der Waals surface area (Å²) in [6.45, 7) is 0. The van der Waals surface area contributed by atoms with Gasteiger partial charge in [-0.25, -0.2) is 4.79 Å². The molecule has 0 radical (unpaired) electrons. The number of hydrogen-bond donors (Lipinski definition) is 1. The van der Waals surface area contributed by atoms with Crippen LogP contribution in [0.5, 0.6) is 5.75 Å². The van der Waals surface area contributed by atoms with Crippen LogP contribution in [0.15, 0.2) is 18.2 Å². The van der Waals surface area contributed by atoms with E-state index >= 15 is 0 Å². The maximum Gasteiger partial charge on any atom is 0.409 e. The predicted molar refractivity (Wildman–Crippen MR) is 46.7 cm³/mol. The summed E-state index contributed by atoms with van der Waals surface area (Å²) in [6.07, 6.45) is -0.881. The van der Waals surface area contributed by atoms with Crippen molar-refractivity contribution in [2.24, 2.45) is 5.73 Å². The number of amides is 1. The molecule has 0 aromatic heterocycles. The van der Waals surface area contributed by atoms with Crippen LogP contribution in [0.2, 0.25) is 10.0 Å². The maximum atomic E-state index is 10.3. The molecule has 0 aliphatic carbocycles. The fourth-order valence-corrected chi connectivity index (χ4v) is 0.945. The third kappa shape index (κ3) is 2.29. The van der Waals surface area contributed by atoms with Gasteiger partial charge in [0.25, 0.3) is 0 Å². The minimum Gasteiger partial charge on any atom is -0.410 e. The third-order valence-electron chi connectivity index (χ3n) is 1.11. The third-order valence-corrected chi connectivity index (χ3v) is 1.85. The molecule has 12 heavy (non-hydrogen) atoms. The van der Waals surface area contributed by atoms with Gasteiger partial charge in [0.2, 0.25) is 0 Å². The zero-order valence-electron chi connectivity index (χ0n) is 5.88. The molecule has 5 heteroatoms. The molecular weight excluding hydrogens is 201 g/mol. The first-order valence-corrected chi connectivity index (χ1v) is 3.77. The van der Waals surface area contributed by atoms with Crippen molar-refractivity contribution in [3.8, 4) is 5.75 Å². The fraction of sp³-hybridized carbons (Fsp3) is 0. The smallest absolute Gasteiger partial charge is 0.409 e. The number of halogens is 2. The second-order valence-electron chi connectivity index (χ2n) is 2.00. The monoisotopic (exact) mass is 205 g/mol. The number of nitrogens with two attached hydrogens (primary N) is 1. The largest absolute Gasteiger partial charge is 0.410 e. The number of benzene rings is 1. The second kappa shape index (κ2) is 3.65. The van der Waals surface area contributed by atoms with Gasteiger partial charge in [0, 0.05) is 6.07 Å². The summed E-state index contributed by atoms with van der Waals surface area (Å²) >= 11 is 11.2. The molecule has 2 N–H and O–H groups in total. The van der Waals surface area contributed by atoms with Gasteiger partial charge in [-0.15, -0.1) is 0 Å². The molecule has 3 nitrogen and oxygen atoms in total. The normalized spacial score (nSPS) is 9.50. The topological polar surface area (TPSA) is 52.3 Å². The van der Waals surface area contributed by atoms with Crippen molar-refractivity contribution < 1.29 is 9.53 Å². The van der Waals surface area contributed by atoms with Gasteiger partial charge in [-0.05, 0) is 12.1 Å². The number of carbonyl (C=O) groups is 1. The zero-order valence-corrected chi connectivity index (χ0v) is 7.39. The molecule has 1 amide bonds. The maximum absolute atomic E-state index is 10.3. The Morgan fingerprint density at radius 2 is 2.00 bits per heavy atom. The van der Waals surface area contributed by atoms with Crippen LogP contribution >= 0.6 is 23.2 Å². The SMILES string of the molecule is NC(=O)Oc1ccc(Cl)c(Cl)c1. The van der Waals surface area contributed by atoms with E-state index in [9.17, 15) is 4.79 Å². The summed E-state index contributed by atoms with van der Waals surface area (Å²) in [5.74, 6) is 0.275. The highest BCUT2D eigenvalue weighted by Crippen LogP contribution is 2.26. The van der Waals surface area contributed by atoms with Crippen LogP contribution in [-0.2, 0) is 0 Å². The van der Waals surface area contributed by atoms with Crippen LogP contribution in [0.1, 0.15) is 0 Å². The van der Waals surface area contributed by atoms with Gasteiger partial charge in [-0.3, -0.25) is 0 Å². The van der Waals surface area contributed by atoms with Crippen molar-refractivity contribution in [2.75, 3.05) is 0 Å². The van der Waals surface area contributed by atoms with Gasteiger partial charge in [-0.1, -0.05) is 23.2 Å². The Kier molecular flexibility index (Phi) is 2.78. The van der Waals surface area contributed by atoms with Gasteiger partial charge in [0.1, 0.15) is 5.75 Å². The van der Waals surface area contributed by atoms with E-state index in [1.54, 1.807) is 0 Å². The minimum atomic E-state index is -0.881. The van der Waals surface area contributed by atoms with E-state index in [0.29, 0.717) is 10.0 Å². The Hall–Kier alpha value is -0.930. The van der Waals surface area contributed by atoms with E-state index in [1.807, 2.05) is 0 Å². The Balaban J connectivity index is 2.89. The molecule has 0 saturated heterocycles. The molecule has 0 aliphatic rings. The Morgan fingerprint density at radius 1 is 1.33 bits per heavy atom. The van der Waals surface area contributed by atoms with Crippen LogP contribution < -0.4 is 10.5 Å². The van der Waals surface area contributed by atoms with Gasteiger partial charge >= 0.3 is 6.09 Å². The fourth-order valence-electron chi connectivity index (χ4n) is 0.656. The molecule has 1 rings (SSSR count). The van der Waals surface area contributed by atoms with Crippen molar-refractivity contribution in [1.29, 1.82) is 0 Å². The van der Waals surface area contributed by atoms with Gasteiger partial charge in [0.15, 0.2) is 0 Å². The molecule has 0 heterocycles. The average Bonchev–Trinajstić information content (AvgIpc) is 1.96. The highest BCUT2D eigenvalue weighted by atomic mass is 35.5. The first kappa shape index (κ1) is 9.16. The number of carbonyl (C=O) groups excluding carboxylic acids is 1. The summed E-state index contributed by atoms with van der Waals surface area (Å²) in [4.78, 5) is 10.3. The van der Waals surface area contributed by atoms with Gasteiger partial charge < -0.3 is 10.5 Å². The molecule has 0 spiro atoms. The molecular formula is C7H5Cl2NO2. The summed E-state index contributed by atoms with van der Waals surface area (Å²) in [7, 11) is 0. The molecule has 0 unspecified atom stereocenters. The van der Waals surface area contributed by atoms with Crippen molar-refractivity contribution in [1.82, 2.24) is 0 Å². The molecule has 0 saturated carbocycles. The van der Waals surface area contributed by atoms with Crippen molar-refractivity contribution in [3.05, 3.63) is 28.2 Å². The number of rotatable bonds is 1. The quantitative estimate of drug-likeness (QED) is 0.766. The van der Waals surface area contributed by atoms with Crippen LogP contribution in [0, 0.1) is 0 Å². The van der Waals surface area contributed by atoms with E-state index in [0.717, 1.165) is 0 Å². The van der Waals surface area contributed by atoms with Crippen molar-refractivity contribution in [2.45, 2.75) is 0 Å². The lowest BCUT2D eigenvalue weighted by molar-refractivity contribution is 0.211. The second-order valence-corrected chi connectivity index (χ2v) is 2.81. The molecule has 0 bridgehead atoms. The average molecular weight is 206 g/mol. The Labute approximate surface area is 79.0 Å². The van der Waals surface area contributed by atoms with Gasteiger partial charge in [-0.2, -0.15) is 0 Å². The Morgan fingerprint density at radius 3 is 2.50 bits per heavy atom. The first-order valence-electron chi connectivity index (χ1n) is 3.02. The van der Waals surface area contributed by atoms with E-state index in [1.165, 1.54) is 18.2 Å². The van der Waals surface area contributed by atoms with Gasteiger partial charge in [0.05, 0.1) is 10.0 Å². The number of hydrogen-bond acceptors (Lipinski definition) is 2. The summed E-state index contributed by atoms with van der Waals surface area (Å²) < 4.78 is 4.55. The number of ether oxygens (including phenoxy) is 1. The highest BCUT2D eigenvalue weighted by Gasteiger charge is 2.01. The van der Waals surface area contributed by atoms with Crippen molar-refractivity contribution in [3.63, 3.8) is 0 Å². The lowest BCUT2D eigenvalue weighted by Gasteiger charge is -2.01. The van der Waals surface area contributed by atoms with E-state index in [2.05, 4.69) is 4.74 Å². The number of primary amides is 1. The predicted octanol–water partition coefficient (Wildman–Crippen LogP) is 2.45. The molecule has 1 aromatic rings. The van der Waals surface area contributed by atoms with E-state index in [-0.39, 0.29) is 5.75 Å². The molecule has 0 fully saturated rings. The van der Waals surface area contributed by atoms with Crippen LogP contribution in [-0.4, -0.2) is 6.09 Å². The zero-order chi connectivity index (χ0) is 9.14. The van der Waals surface area contributed by atoms with E-state index in [4.69, 9.17) is 28.9 Å².